The summed E-state index contributed by atoms with van der Waals surface area (Å²) in [6.45, 7) is 1.95. The predicted octanol–water partition coefficient (Wildman–Crippen LogP) is 2.88. The summed E-state index contributed by atoms with van der Waals surface area (Å²) in [6.07, 6.45) is -0.154. The van der Waals surface area contributed by atoms with Crippen LogP contribution in [0.5, 0.6) is 5.75 Å². The molecule has 6 heteroatoms. The Morgan fingerprint density at radius 2 is 1.89 bits per heavy atom. The Kier molecular flexibility index (Phi) is 4.00. The lowest BCUT2D eigenvalue weighted by atomic mass is 9.83. The van der Waals surface area contributed by atoms with Crippen molar-refractivity contribution >= 4 is 16.9 Å². The van der Waals surface area contributed by atoms with E-state index in [0.29, 0.717) is 11.0 Å². The minimum absolute atomic E-state index is 0.145. The summed E-state index contributed by atoms with van der Waals surface area (Å²) in [7, 11) is 1.18. The second-order valence-corrected chi connectivity index (χ2v) is 6.67. The van der Waals surface area contributed by atoms with Gasteiger partial charge in [0.1, 0.15) is 11.3 Å². The van der Waals surface area contributed by atoms with Crippen molar-refractivity contribution in [1.82, 2.24) is 0 Å². The number of hydrogen-bond donors (Lipinski definition) is 1. The monoisotopic (exact) mass is 366 g/mol. The van der Waals surface area contributed by atoms with Crippen LogP contribution in [0.3, 0.4) is 0 Å². The van der Waals surface area contributed by atoms with Crippen molar-refractivity contribution in [2.24, 2.45) is 0 Å². The largest absolute Gasteiger partial charge is 0.464 e. The topological polar surface area (TPSA) is 86.0 Å². The molecule has 0 fully saturated rings. The molecular formula is C21H18O6. The Balaban J connectivity index is 2.00. The highest BCUT2D eigenvalue weighted by Crippen LogP contribution is 2.45. The van der Waals surface area contributed by atoms with Crippen LogP contribution in [0.4, 0.5) is 0 Å². The molecule has 2 heterocycles. The van der Waals surface area contributed by atoms with Crippen molar-refractivity contribution in [3.8, 4) is 5.75 Å². The van der Waals surface area contributed by atoms with Crippen LogP contribution in [0.2, 0.25) is 0 Å². The number of benzene rings is 2. The highest BCUT2D eigenvalue weighted by atomic mass is 16.7. The molecule has 2 aromatic carbocycles. The van der Waals surface area contributed by atoms with Crippen LogP contribution < -0.4 is 10.4 Å². The Hall–Kier alpha value is -3.12. The zero-order valence-corrected chi connectivity index (χ0v) is 14.9. The number of carbonyl (C=O) groups is 1. The summed E-state index contributed by atoms with van der Waals surface area (Å²) in [5.41, 5.74) is 1.88. The standard InChI is InChI=1S/C21H18O6/c1-12-7-9-13(10-8-12)15-11-21(24,20(23)25-2)27-18-14-5-3-4-6-16(14)26-19(22)17(15)18/h3-10,15,24H,11H2,1-2H3/t15-,21-/m1/s1. The summed E-state index contributed by atoms with van der Waals surface area (Å²) < 4.78 is 15.9. The predicted molar refractivity (Wildman–Crippen MR) is 97.7 cm³/mol. The fourth-order valence-electron chi connectivity index (χ4n) is 3.50. The second kappa shape index (κ2) is 6.25. The van der Waals surface area contributed by atoms with Gasteiger partial charge in [-0.3, -0.25) is 0 Å². The summed E-state index contributed by atoms with van der Waals surface area (Å²) >= 11 is 0. The first-order valence-corrected chi connectivity index (χ1v) is 8.55. The maximum absolute atomic E-state index is 12.7. The van der Waals surface area contributed by atoms with E-state index in [1.54, 1.807) is 24.3 Å². The van der Waals surface area contributed by atoms with Crippen LogP contribution >= 0.6 is 0 Å². The summed E-state index contributed by atoms with van der Waals surface area (Å²) in [5, 5.41) is 11.4. The van der Waals surface area contributed by atoms with Gasteiger partial charge in [-0.2, -0.15) is 0 Å². The van der Waals surface area contributed by atoms with Gasteiger partial charge in [0.15, 0.2) is 0 Å². The average molecular weight is 366 g/mol. The van der Waals surface area contributed by atoms with Gasteiger partial charge in [0.25, 0.3) is 0 Å². The molecule has 138 valence electrons. The highest BCUT2D eigenvalue weighted by molar-refractivity contribution is 5.87. The van der Waals surface area contributed by atoms with Crippen LogP contribution in [-0.2, 0) is 9.53 Å². The molecule has 0 saturated carbocycles. The van der Waals surface area contributed by atoms with Crippen molar-refractivity contribution in [3.05, 3.63) is 75.6 Å². The van der Waals surface area contributed by atoms with Crippen molar-refractivity contribution in [3.63, 3.8) is 0 Å². The van der Waals surface area contributed by atoms with Gasteiger partial charge in [-0.15, -0.1) is 0 Å². The molecule has 1 aliphatic rings. The molecule has 0 unspecified atom stereocenters. The van der Waals surface area contributed by atoms with E-state index in [0.717, 1.165) is 11.1 Å². The lowest BCUT2D eigenvalue weighted by Gasteiger charge is -2.36. The van der Waals surface area contributed by atoms with E-state index in [1.807, 2.05) is 31.2 Å². The van der Waals surface area contributed by atoms with Gasteiger partial charge < -0.3 is 19.0 Å². The van der Waals surface area contributed by atoms with Crippen molar-refractivity contribution < 1.29 is 23.8 Å². The number of carbonyl (C=O) groups excluding carboxylic acids is 1. The molecule has 0 saturated heterocycles. The molecule has 1 aliphatic heterocycles. The van der Waals surface area contributed by atoms with E-state index in [1.165, 1.54) is 7.11 Å². The van der Waals surface area contributed by atoms with Gasteiger partial charge in [-0.05, 0) is 24.6 Å². The van der Waals surface area contributed by atoms with Crippen molar-refractivity contribution in [2.45, 2.75) is 25.0 Å². The van der Waals surface area contributed by atoms with Crippen LogP contribution in [0, 0.1) is 6.92 Å². The minimum atomic E-state index is -2.20. The SMILES string of the molecule is COC(=O)[C@@]1(O)C[C@H](c2ccc(C)cc2)c2c(c3ccccc3oc2=O)O1. The number of esters is 1. The molecular weight excluding hydrogens is 348 g/mol. The molecule has 6 nitrogen and oxygen atoms in total. The second-order valence-electron chi connectivity index (χ2n) is 6.67. The number of para-hydroxylation sites is 1. The van der Waals surface area contributed by atoms with Gasteiger partial charge in [-0.25, -0.2) is 9.59 Å². The lowest BCUT2D eigenvalue weighted by Crippen LogP contribution is -2.50. The first-order chi connectivity index (χ1) is 12.9. The first kappa shape index (κ1) is 17.3. The third-order valence-corrected chi connectivity index (χ3v) is 4.88. The Bertz CT molecular complexity index is 1080. The Morgan fingerprint density at radius 1 is 1.19 bits per heavy atom. The highest BCUT2D eigenvalue weighted by Gasteiger charge is 2.49. The van der Waals surface area contributed by atoms with Crippen LogP contribution in [0.15, 0.2) is 57.7 Å². The Morgan fingerprint density at radius 3 is 2.59 bits per heavy atom. The zero-order chi connectivity index (χ0) is 19.2. The quantitative estimate of drug-likeness (QED) is 0.554. The van der Waals surface area contributed by atoms with E-state index in [2.05, 4.69) is 0 Å². The molecule has 1 N–H and O–H groups in total. The maximum atomic E-state index is 12.7. The molecule has 1 aromatic heterocycles. The summed E-state index contributed by atoms with van der Waals surface area (Å²) in [5.74, 6) is -3.55. The number of aliphatic hydroxyl groups is 1. The van der Waals surface area contributed by atoms with Crippen molar-refractivity contribution in [1.29, 1.82) is 0 Å². The minimum Gasteiger partial charge on any atom is -0.464 e. The average Bonchev–Trinajstić information content (AvgIpc) is 2.67. The lowest BCUT2D eigenvalue weighted by molar-refractivity contribution is -0.202. The molecule has 0 amide bonds. The molecule has 4 rings (SSSR count). The molecule has 0 spiro atoms. The van der Waals surface area contributed by atoms with Crippen molar-refractivity contribution in [2.75, 3.05) is 7.11 Å². The Labute approximate surface area is 155 Å². The maximum Gasteiger partial charge on any atom is 0.379 e. The molecule has 0 radical (unpaired) electrons. The van der Waals surface area contributed by atoms with Crippen LogP contribution in [-0.4, -0.2) is 24.0 Å². The number of ether oxygens (including phenoxy) is 2. The molecule has 0 bridgehead atoms. The van der Waals surface area contributed by atoms with E-state index in [4.69, 9.17) is 13.9 Å². The number of methoxy groups -OCH3 is 1. The summed E-state index contributed by atoms with van der Waals surface area (Å²) in [6, 6.07) is 14.4. The molecule has 2 atom stereocenters. The zero-order valence-electron chi connectivity index (χ0n) is 14.9. The van der Waals surface area contributed by atoms with Gasteiger partial charge in [0.05, 0.1) is 18.1 Å². The van der Waals surface area contributed by atoms with E-state index >= 15 is 0 Å². The molecule has 3 aromatic rings. The number of fused-ring (bicyclic) bond motifs is 3. The number of hydrogen-bond acceptors (Lipinski definition) is 6. The summed E-state index contributed by atoms with van der Waals surface area (Å²) in [4.78, 5) is 25.0. The number of rotatable bonds is 2. The fraction of sp³-hybridized carbons (Fsp3) is 0.238. The van der Waals surface area contributed by atoms with Crippen LogP contribution in [0.1, 0.15) is 29.0 Å². The van der Waals surface area contributed by atoms with E-state index in [9.17, 15) is 14.7 Å². The van der Waals surface area contributed by atoms with Gasteiger partial charge in [0, 0.05) is 12.3 Å². The molecule has 27 heavy (non-hydrogen) atoms. The van der Waals surface area contributed by atoms with E-state index < -0.39 is 23.3 Å². The van der Waals surface area contributed by atoms with E-state index in [-0.39, 0.29) is 17.7 Å². The third-order valence-electron chi connectivity index (χ3n) is 4.88. The normalized spacial score (nSPS) is 21.4. The fourth-order valence-corrected chi connectivity index (χ4v) is 3.50. The van der Waals surface area contributed by atoms with Gasteiger partial charge in [-0.1, -0.05) is 42.0 Å². The molecule has 0 aliphatic carbocycles. The van der Waals surface area contributed by atoms with Crippen LogP contribution in [0.25, 0.3) is 11.0 Å². The first-order valence-electron chi connectivity index (χ1n) is 8.55. The third kappa shape index (κ3) is 2.78. The number of aryl methyl sites for hydroxylation is 1. The van der Waals surface area contributed by atoms with Gasteiger partial charge >= 0.3 is 17.4 Å². The smallest absolute Gasteiger partial charge is 0.379 e. The van der Waals surface area contributed by atoms with Gasteiger partial charge in [0.2, 0.25) is 0 Å².